The highest BCUT2D eigenvalue weighted by Crippen LogP contribution is 2.35. The molecule has 1 aliphatic heterocycles. The lowest BCUT2D eigenvalue weighted by Gasteiger charge is -2.16. The number of fused-ring (bicyclic) bond motifs is 1. The van der Waals surface area contributed by atoms with Crippen molar-refractivity contribution in [2.45, 2.75) is 13.8 Å². The summed E-state index contributed by atoms with van der Waals surface area (Å²) in [5.41, 5.74) is 2.08. The third-order valence-electron chi connectivity index (χ3n) is 4.49. The van der Waals surface area contributed by atoms with E-state index in [4.69, 9.17) is 16.0 Å². The second-order valence-corrected chi connectivity index (χ2v) is 6.89. The number of amides is 3. The van der Waals surface area contributed by atoms with E-state index >= 15 is 0 Å². The Bertz CT molecular complexity index is 1110. The van der Waals surface area contributed by atoms with E-state index in [-0.39, 0.29) is 16.5 Å². The van der Waals surface area contributed by atoms with Crippen LogP contribution in [-0.2, 0) is 0 Å². The molecule has 140 valence electrons. The van der Waals surface area contributed by atoms with Crippen LogP contribution in [0.15, 0.2) is 52.9 Å². The number of halogens is 1. The average molecular weight is 395 g/mol. The molecule has 0 atom stereocenters. The van der Waals surface area contributed by atoms with Gasteiger partial charge in [-0.2, -0.15) is 0 Å². The van der Waals surface area contributed by atoms with Crippen molar-refractivity contribution in [2.75, 3.05) is 10.2 Å². The third kappa shape index (κ3) is 2.88. The van der Waals surface area contributed by atoms with Gasteiger partial charge in [0.2, 0.25) is 0 Å². The maximum absolute atomic E-state index is 12.6. The molecule has 3 aromatic rings. The number of anilines is 2. The molecular weight excluding hydrogens is 380 g/mol. The lowest BCUT2D eigenvalue weighted by molar-refractivity contribution is 0.0924. The van der Waals surface area contributed by atoms with Crippen molar-refractivity contribution in [1.29, 1.82) is 0 Å². The average Bonchev–Trinajstić information content (AvgIpc) is 3.13. The molecule has 1 N–H and O–H groups in total. The minimum atomic E-state index is -0.430. The van der Waals surface area contributed by atoms with E-state index in [0.717, 1.165) is 10.5 Å². The molecule has 1 aromatic heterocycles. The summed E-state index contributed by atoms with van der Waals surface area (Å²) in [6, 6.07) is 13.0. The summed E-state index contributed by atoms with van der Waals surface area (Å²) < 4.78 is 5.40. The summed E-state index contributed by atoms with van der Waals surface area (Å²) in [6.45, 7) is 3.54. The number of hydrogen-bond donors (Lipinski definition) is 1. The van der Waals surface area contributed by atoms with Crippen LogP contribution in [-0.4, -0.2) is 17.7 Å². The second kappa shape index (κ2) is 6.65. The van der Waals surface area contributed by atoms with Gasteiger partial charge in [-0.05, 0) is 50.2 Å². The van der Waals surface area contributed by atoms with Gasteiger partial charge in [0, 0.05) is 11.3 Å². The Kier molecular flexibility index (Phi) is 4.28. The van der Waals surface area contributed by atoms with E-state index in [1.165, 1.54) is 12.1 Å². The number of carbonyl (C=O) groups is 3. The molecule has 2 heterocycles. The van der Waals surface area contributed by atoms with E-state index in [9.17, 15) is 14.4 Å². The topological polar surface area (TPSA) is 79.6 Å². The first-order chi connectivity index (χ1) is 13.4. The van der Waals surface area contributed by atoms with Gasteiger partial charge in [0.25, 0.3) is 17.7 Å². The highest BCUT2D eigenvalue weighted by molar-refractivity contribution is 6.40. The van der Waals surface area contributed by atoms with Gasteiger partial charge in [-0.25, -0.2) is 4.90 Å². The molecule has 0 saturated heterocycles. The Balaban J connectivity index is 1.61. The smallest absolute Gasteiger partial charge is 0.291 e. The number of benzene rings is 2. The van der Waals surface area contributed by atoms with Gasteiger partial charge >= 0.3 is 0 Å². The van der Waals surface area contributed by atoms with Crippen LogP contribution < -0.4 is 10.2 Å². The van der Waals surface area contributed by atoms with Crippen molar-refractivity contribution in [3.05, 3.63) is 81.8 Å². The van der Waals surface area contributed by atoms with Gasteiger partial charge in [0.05, 0.1) is 21.8 Å². The van der Waals surface area contributed by atoms with Crippen molar-refractivity contribution in [3.63, 3.8) is 0 Å². The predicted molar refractivity (Wildman–Crippen MR) is 105 cm³/mol. The molecule has 0 spiro atoms. The van der Waals surface area contributed by atoms with Crippen molar-refractivity contribution < 1.29 is 18.8 Å². The lowest BCUT2D eigenvalue weighted by atomic mass is 10.1. The van der Waals surface area contributed by atoms with Crippen LogP contribution in [0.5, 0.6) is 0 Å². The highest BCUT2D eigenvalue weighted by atomic mass is 35.5. The maximum atomic E-state index is 12.6. The van der Waals surface area contributed by atoms with Gasteiger partial charge in [0.15, 0.2) is 5.76 Å². The van der Waals surface area contributed by atoms with Crippen LogP contribution in [0.3, 0.4) is 0 Å². The molecule has 0 aliphatic carbocycles. The standard InChI is InChI=1S/C21H15ClN2O4/c1-11-9-12(2)28-18(11)19(25)23-13-7-8-17(16(22)10-13)24-20(26)14-5-3-4-6-15(14)21(24)27/h3-10H,1-2H3,(H,23,25). The largest absolute Gasteiger partial charge is 0.456 e. The molecule has 1 aliphatic rings. The summed E-state index contributed by atoms with van der Waals surface area (Å²) in [6.07, 6.45) is 0. The van der Waals surface area contributed by atoms with Gasteiger partial charge in [-0.1, -0.05) is 23.7 Å². The van der Waals surface area contributed by atoms with Crippen LogP contribution in [0.1, 0.15) is 42.6 Å². The predicted octanol–water partition coefficient (Wildman–Crippen LogP) is 4.60. The highest BCUT2D eigenvalue weighted by Gasteiger charge is 2.37. The summed E-state index contributed by atoms with van der Waals surface area (Å²) >= 11 is 6.33. The van der Waals surface area contributed by atoms with Crippen molar-refractivity contribution in [2.24, 2.45) is 0 Å². The Labute approximate surface area is 165 Å². The van der Waals surface area contributed by atoms with Gasteiger partial charge < -0.3 is 9.73 Å². The zero-order chi connectivity index (χ0) is 20.0. The molecular formula is C21H15ClN2O4. The molecule has 28 heavy (non-hydrogen) atoms. The summed E-state index contributed by atoms with van der Waals surface area (Å²) in [4.78, 5) is 38.7. The third-order valence-corrected chi connectivity index (χ3v) is 4.79. The monoisotopic (exact) mass is 394 g/mol. The van der Waals surface area contributed by atoms with Crippen LogP contribution >= 0.6 is 11.6 Å². The summed E-state index contributed by atoms with van der Waals surface area (Å²) in [7, 11) is 0. The Morgan fingerprint density at radius 2 is 1.64 bits per heavy atom. The number of imide groups is 1. The second-order valence-electron chi connectivity index (χ2n) is 6.48. The quantitative estimate of drug-likeness (QED) is 0.658. The van der Waals surface area contributed by atoms with Gasteiger partial charge in [-0.3, -0.25) is 14.4 Å². The zero-order valence-corrected chi connectivity index (χ0v) is 15.8. The van der Waals surface area contributed by atoms with E-state index in [2.05, 4.69) is 5.32 Å². The molecule has 0 fully saturated rings. The fourth-order valence-corrected chi connectivity index (χ4v) is 3.49. The molecule has 0 bridgehead atoms. The SMILES string of the molecule is Cc1cc(C)c(C(=O)Nc2ccc(N3C(=O)c4ccccc4C3=O)c(Cl)c2)o1. The Morgan fingerprint density at radius 3 is 2.18 bits per heavy atom. The number of rotatable bonds is 3. The fourth-order valence-electron chi connectivity index (χ4n) is 3.23. The Hall–Kier alpha value is -3.38. The minimum Gasteiger partial charge on any atom is -0.456 e. The van der Waals surface area contributed by atoms with E-state index in [1.807, 2.05) is 0 Å². The summed E-state index contributed by atoms with van der Waals surface area (Å²) in [5, 5.41) is 2.87. The summed E-state index contributed by atoms with van der Waals surface area (Å²) in [5.74, 6) is -0.406. The lowest BCUT2D eigenvalue weighted by Crippen LogP contribution is -2.29. The molecule has 6 nitrogen and oxygen atoms in total. The number of hydrogen-bond acceptors (Lipinski definition) is 4. The molecule has 2 aromatic carbocycles. The van der Waals surface area contributed by atoms with Crippen molar-refractivity contribution in [3.8, 4) is 0 Å². The first-order valence-electron chi connectivity index (χ1n) is 8.52. The maximum Gasteiger partial charge on any atom is 0.291 e. The molecule has 7 heteroatoms. The van der Waals surface area contributed by atoms with Crippen LogP contribution in [0.25, 0.3) is 0 Å². The number of furan rings is 1. The number of nitrogens with zero attached hydrogens (tertiary/aromatic N) is 1. The first kappa shape index (κ1) is 18.0. The van der Waals surface area contributed by atoms with E-state index < -0.39 is 17.7 Å². The van der Waals surface area contributed by atoms with Crippen LogP contribution in [0.2, 0.25) is 5.02 Å². The molecule has 0 radical (unpaired) electrons. The van der Waals surface area contributed by atoms with Crippen LogP contribution in [0.4, 0.5) is 11.4 Å². The first-order valence-corrected chi connectivity index (χ1v) is 8.90. The van der Waals surface area contributed by atoms with E-state index in [1.54, 1.807) is 50.2 Å². The van der Waals surface area contributed by atoms with Gasteiger partial charge in [-0.15, -0.1) is 0 Å². The number of carbonyl (C=O) groups excluding carboxylic acids is 3. The Morgan fingerprint density at radius 1 is 1.00 bits per heavy atom. The molecule has 3 amide bonds. The molecule has 0 saturated carbocycles. The van der Waals surface area contributed by atoms with Crippen molar-refractivity contribution in [1.82, 2.24) is 0 Å². The normalized spacial score (nSPS) is 13.0. The number of nitrogens with one attached hydrogen (secondary N) is 1. The van der Waals surface area contributed by atoms with E-state index in [0.29, 0.717) is 22.6 Å². The fraction of sp³-hybridized carbons (Fsp3) is 0.0952. The van der Waals surface area contributed by atoms with Crippen molar-refractivity contribution >= 4 is 40.7 Å². The molecule has 0 unspecified atom stereocenters. The zero-order valence-electron chi connectivity index (χ0n) is 15.1. The minimum absolute atomic E-state index is 0.166. The number of aryl methyl sites for hydroxylation is 2. The van der Waals surface area contributed by atoms with Gasteiger partial charge in [0.1, 0.15) is 5.76 Å². The van der Waals surface area contributed by atoms with Crippen LogP contribution in [0, 0.1) is 13.8 Å². The molecule has 4 rings (SSSR count).